The molecule has 1 aromatic rings. The lowest BCUT2D eigenvalue weighted by Gasteiger charge is -2.16. The second-order valence-corrected chi connectivity index (χ2v) is 4.26. The Bertz CT molecular complexity index is 429. The minimum absolute atomic E-state index is 0.524. The summed E-state index contributed by atoms with van der Waals surface area (Å²) in [5.41, 5.74) is 0.572. The van der Waals surface area contributed by atoms with Crippen molar-refractivity contribution < 1.29 is 14.3 Å². The van der Waals surface area contributed by atoms with Gasteiger partial charge in [-0.1, -0.05) is 13.3 Å². The molecule has 5 heteroatoms. The van der Waals surface area contributed by atoms with Gasteiger partial charge in [0.15, 0.2) is 0 Å². The fraction of sp³-hybridized carbons (Fsp3) is 0.429. The van der Waals surface area contributed by atoms with Crippen LogP contribution < -0.4 is 10.1 Å². The van der Waals surface area contributed by atoms with Crippen LogP contribution in [0, 0.1) is 0 Å². The van der Waals surface area contributed by atoms with Crippen LogP contribution in [0.1, 0.15) is 19.8 Å². The maximum absolute atomic E-state index is 11.8. The van der Waals surface area contributed by atoms with E-state index in [1.54, 1.807) is 38.4 Å². The van der Waals surface area contributed by atoms with E-state index in [0.29, 0.717) is 18.0 Å². The van der Waals surface area contributed by atoms with Crippen LogP contribution in [-0.4, -0.2) is 37.4 Å². The van der Waals surface area contributed by atoms with Crippen LogP contribution in [0.5, 0.6) is 5.75 Å². The maximum atomic E-state index is 11.8. The molecule has 0 fully saturated rings. The number of hydrogen-bond acceptors (Lipinski definition) is 3. The van der Waals surface area contributed by atoms with Crippen LogP contribution in [0.25, 0.3) is 0 Å². The van der Waals surface area contributed by atoms with Gasteiger partial charge >= 0.3 is 11.8 Å². The molecule has 0 heterocycles. The lowest BCUT2D eigenvalue weighted by atomic mass is 10.3. The van der Waals surface area contributed by atoms with Crippen molar-refractivity contribution in [2.75, 3.05) is 26.0 Å². The van der Waals surface area contributed by atoms with E-state index in [1.807, 2.05) is 6.92 Å². The number of rotatable bonds is 5. The fourth-order valence-corrected chi connectivity index (χ4v) is 1.53. The molecule has 0 saturated carbocycles. The van der Waals surface area contributed by atoms with Gasteiger partial charge in [-0.05, 0) is 30.7 Å². The van der Waals surface area contributed by atoms with E-state index in [-0.39, 0.29) is 0 Å². The van der Waals surface area contributed by atoms with Crippen LogP contribution in [0.2, 0.25) is 0 Å². The number of likely N-dealkylation sites (N-methyl/N-ethyl adjacent to an activating group) is 1. The second kappa shape index (κ2) is 7.41. The first-order chi connectivity index (χ1) is 9.08. The summed E-state index contributed by atoms with van der Waals surface area (Å²) in [5, 5.41) is 2.56. The number of carbonyl (C=O) groups excluding carboxylic acids is 2. The van der Waals surface area contributed by atoms with E-state index in [4.69, 9.17) is 4.74 Å². The third-order valence-corrected chi connectivity index (χ3v) is 2.74. The Balaban J connectivity index is 2.55. The Hall–Kier alpha value is -2.04. The van der Waals surface area contributed by atoms with Crippen molar-refractivity contribution in [1.29, 1.82) is 0 Å². The summed E-state index contributed by atoms with van der Waals surface area (Å²) < 4.78 is 5.02. The van der Waals surface area contributed by atoms with E-state index in [0.717, 1.165) is 12.8 Å². The van der Waals surface area contributed by atoms with Crippen molar-refractivity contribution in [3.63, 3.8) is 0 Å². The van der Waals surface area contributed by atoms with Gasteiger partial charge in [0.2, 0.25) is 0 Å². The van der Waals surface area contributed by atoms with Gasteiger partial charge in [-0.15, -0.1) is 0 Å². The van der Waals surface area contributed by atoms with Crippen molar-refractivity contribution in [3.8, 4) is 5.75 Å². The predicted molar refractivity (Wildman–Crippen MR) is 74.2 cm³/mol. The lowest BCUT2D eigenvalue weighted by molar-refractivity contribution is -0.142. The highest BCUT2D eigenvalue weighted by molar-refractivity contribution is 6.39. The molecule has 0 spiro atoms. The Morgan fingerprint density at radius 1 is 1.26 bits per heavy atom. The number of amides is 2. The molecule has 1 rings (SSSR count). The number of anilines is 1. The van der Waals surface area contributed by atoms with Crippen LogP contribution in [-0.2, 0) is 9.59 Å². The number of hydrogen-bond donors (Lipinski definition) is 1. The first-order valence-corrected chi connectivity index (χ1v) is 6.29. The van der Waals surface area contributed by atoms with Gasteiger partial charge in [0, 0.05) is 19.3 Å². The third-order valence-electron chi connectivity index (χ3n) is 2.74. The molecule has 0 unspecified atom stereocenters. The van der Waals surface area contributed by atoms with Gasteiger partial charge in [-0.3, -0.25) is 9.59 Å². The molecular formula is C14H20N2O3. The lowest BCUT2D eigenvalue weighted by Crippen LogP contribution is -2.37. The molecule has 0 bridgehead atoms. The highest BCUT2D eigenvalue weighted by atomic mass is 16.5. The first-order valence-electron chi connectivity index (χ1n) is 6.29. The van der Waals surface area contributed by atoms with Crippen LogP contribution in [0.4, 0.5) is 5.69 Å². The van der Waals surface area contributed by atoms with Crippen molar-refractivity contribution in [2.45, 2.75) is 19.8 Å². The molecule has 1 aromatic carbocycles. The standard InChI is InChI=1S/C14H20N2O3/c1-4-5-10-16(2)14(18)13(17)15-11-6-8-12(19-3)9-7-11/h6-9H,4-5,10H2,1-3H3,(H,15,17). The van der Waals surface area contributed by atoms with Gasteiger partial charge in [0.1, 0.15) is 5.75 Å². The van der Waals surface area contributed by atoms with Gasteiger partial charge in [-0.2, -0.15) is 0 Å². The third kappa shape index (κ3) is 4.62. The van der Waals surface area contributed by atoms with Crippen molar-refractivity contribution in [3.05, 3.63) is 24.3 Å². The Kier molecular flexibility index (Phi) is 5.85. The zero-order valence-electron chi connectivity index (χ0n) is 11.6. The summed E-state index contributed by atoms with van der Waals surface area (Å²) in [4.78, 5) is 24.9. The minimum atomic E-state index is -0.622. The summed E-state index contributed by atoms with van der Waals surface area (Å²) in [6.45, 7) is 2.63. The highest BCUT2D eigenvalue weighted by Gasteiger charge is 2.18. The number of carbonyl (C=O) groups is 2. The number of methoxy groups -OCH3 is 1. The Morgan fingerprint density at radius 3 is 2.42 bits per heavy atom. The van der Waals surface area contributed by atoms with Crippen molar-refractivity contribution in [1.82, 2.24) is 4.90 Å². The monoisotopic (exact) mass is 264 g/mol. The topological polar surface area (TPSA) is 58.6 Å². The molecule has 0 atom stereocenters. The smallest absolute Gasteiger partial charge is 0.313 e. The molecule has 104 valence electrons. The van der Waals surface area contributed by atoms with Gasteiger partial charge in [0.05, 0.1) is 7.11 Å². The summed E-state index contributed by atoms with van der Waals surface area (Å²) in [6.07, 6.45) is 1.87. The minimum Gasteiger partial charge on any atom is -0.497 e. The maximum Gasteiger partial charge on any atom is 0.313 e. The molecule has 0 aliphatic heterocycles. The average molecular weight is 264 g/mol. The van der Waals surface area contributed by atoms with E-state index >= 15 is 0 Å². The normalized spacial score (nSPS) is 9.84. The largest absolute Gasteiger partial charge is 0.497 e. The SMILES string of the molecule is CCCCN(C)C(=O)C(=O)Nc1ccc(OC)cc1. The Morgan fingerprint density at radius 2 is 1.89 bits per heavy atom. The molecule has 0 aliphatic carbocycles. The molecule has 0 radical (unpaired) electrons. The summed E-state index contributed by atoms with van der Waals surface area (Å²) in [5.74, 6) is -0.447. The molecule has 1 N–H and O–H groups in total. The molecule has 5 nitrogen and oxygen atoms in total. The quantitative estimate of drug-likeness (QED) is 0.826. The summed E-state index contributed by atoms with van der Waals surface area (Å²) in [6, 6.07) is 6.83. The Labute approximate surface area is 113 Å². The average Bonchev–Trinajstić information content (AvgIpc) is 2.44. The summed E-state index contributed by atoms with van der Waals surface area (Å²) in [7, 11) is 3.20. The summed E-state index contributed by atoms with van der Waals surface area (Å²) >= 11 is 0. The van der Waals surface area contributed by atoms with Crippen molar-refractivity contribution >= 4 is 17.5 Å². The highest BCUT2D eigenvalue weighted by Crippen LogP contribution is 2.14. The molecule has 0 aromatic heterocycles. The molecule has 0 aliphatic rings. The molecule has 19 heavy (non-hydrogen) atoms. The number of nitrogens with zero attached hydrogens (tertiary/aromatic N) is 1. The predicted octanol–water partition coefficient (Wildman–Crippen LogP) is 1.89. The fourth-order valence-electron chi connectivity index (χ4n) is 1.53. The molecule has 2 amide bonds. The number of benzene rings is 1. The van der Waals surface area contributed by atoms with E-state index in [9.17, 15) is 9.59 Å². The first kappa shape index (κ1) is 15.0. The van der Waals surface area contributed by atoms with Crippen LogP contribution in [0.15, 0.2) is 24.3 Å². The van der Waals surface area contributed by atoms with Gasteiger partial charge in [-0.25, -0.2) is 0 Å². The van der Waals surface area contributed by atoms with Gasteiger partial charge < -0.3 is 15.0 Å². The van der Waals surface area contributed by atoms with E-state index in [2.05, 4.69) is 5.32 Å². The van der Waals surface area contributed by atoms with Crippen LogP contribution >= 0.6 is 0 Å². The number of unbranched alkanes of at least 4 members (excludes halogenated alkanes) is 1. The van der Waals surface area contributed by atoms with Gasteiger partial charge in [0.25, 0.3) is 0 Å². The molecular weight excluding hydrogens is 244 g/mol. The van der Waals surface area contributed by atoms with Crippen LogP contribution in [0.3, 0.4) is 0 Å². The van der Waals surface area contributed by atoms with Crippen molar-refractivity contribution in [2.24, 2.45) is 0 Å². The van der Waals surface area contributed by atoms with E-state index in [1.165, 1.54) is 4.90 Å². The zero-order valence-corrected chi connectivity index (χ0v) is 11.6. The number of nitrogens with one attached hydrogen (secondary N) is 1. The van der Waals surface area contributed by atoms with E-state index < -0.39 is 11.8 Å². The molecule has 0 saturated heterocycles. The zero-order chi connectivity index (χ0) is 14.3. The number of ether oxygens (including phenoxy) is 1. The second-order valence-electron chi connectivity index (χ2n) is 4.26.